The minimum atomic E-state index is -0.146. The van der Waals surface area contributed by atoms with E-state index in [1.807, 2.05) is 0 Å². The van der Waals surface area contributed by atoms with Crippen LogP contribution in [0.3, 0.4) is 0 Å². The molecule has 0 spiro atoms. The van der Waals surface area contributed by atoms with E-state index in [4.69, 9.17) is 4.42 Å². The summed E-state index contributed by atoms with van der Waals surface area (Å²) in [7, 11) is 0. The fraction of sp³-hybridized carbons (Fsp3) is 0.365. The lowest BCUT2D eigenvalue weighted by Gasteiger charge is -2.55. The average molecular weight is 1170 g/mol. The fourth-order valence-electron chi connectivity index (χ4n) is 17.3. The van der Waals surface area contributed by atoms with Gasteiger partial charge in [0.1, 0.15) is 11.2 Å². The highest BCUT2D eigenvalue weighted by Crippen LogP contribution is 2.78. The molecule has 5 aliphatic rings. The first kappa shape index (κ1) is 57.9. The number of hydrogen-bond acceptors (Lipinski definition) is 3. The Hall–Kier alpha value is -7.56. The van der Waals surface area contributed by atoms with Crippen LogP contribution in [0.5, 0.6) is 0 Å². The Bertz CT molecular complexity index is 4380. The molecule has 2 saturated carbocycles. The van der Waals surface area contributed by atoms with Crippen LogP contribution in [-0.2, 0) is 32.5 Å². The topological polar surface area (TPSA) is 19.6 Å². The number of hydrogen-bond donors (Lipinski definition) is 0. The van der Waals surface area contributed by atoms with Gasteiger partial charge in [-0.05, 0) is 202 Å². The van der Waals surface area contributed by atoms with Gasteiger partial charge in [0.2, 0.25) is 6.71 Å². The van der Waals surface area contributed by atoms with Gasteiger partial charge in [-0.2, -0.15) is 0 Å². The lowest BCUT2D eigenvalue weighted by Crippen LogP contribution is -2.60. The molecule has 450 valence electrons. The molecule has 10 aromatic rings. The van der Waals surface area contributed by atoms with Gasteiger partial charge in [-0.25, -0.2) is 0 Å². The van der Waals surface area contributed by atoms with E-state index in [-0.39, 0.29) is 44.6 Å². The van der Waals surface area contributed by atoms with Gasteiger partial charge in [0.15, 0.2) is 0 Å². The molecule has 3 aliphatic carbocycles. The molecular formula is C85H91BN2O. The van der Waals surface area contributed by atoms with E-state index >= 15 is 0 Å². The third-order valence-corrected chi connectivity index (χ3v) is 22.7. The lowest BCUT2D eigenvalue weighted by molar-refractivity contribution is 0.0503. The molecule has 2 fully saturated rings. The summed E-state index contributed by atoms with van der Waals surface area (Å²) in [4.78, 5) is 5.40. The summed E-state index contributed by atoms with van der Waals surface area (Å²) >= 11 is 0. The predicted molar refractivity (Wildman–Crippen MR) is 381 cm³/mol. The summed E-state index contributed by atoms with van der Waals surface area (Å²) in [5, 5.41) is 2.29. The van der Waals surface area contributed by atoms with Crippen LogP contribution in [-0.4, -0.2) is 6.71 Å². The predicted octanol–water partition coefficient (Wildman–Crippen LogP) is 21.8. The second kappa shape index (κ2) is 19.5. The molecule has 89 heavy (non-hydrogen) atoms. The highest BCUT2D eigenvalue weighted by molar-refractivity contribution is 6.99. The smallest absolute Gasteiger partial charge is 0.247 e. The van der Waals surface area contributed by atoms with Crippen LogP contribution in [0, 0.1) is 11.3 Å². The van der Waals surface area contributed by atoms with Gasteiger partial charge >= 0.3 is 0 Å². The molecule has 1 aromatic heterocycles. The Morgan fingerprint density at radius 1 is 0.449 bits per heavy atom. The van der Waals surface area contributed by atoms with E-state index in [0.717, 1.165) is 33.3 Å². The van der Waals surface area contributed by atoms with Crippen LogP contribution in [0.1, 0.15) is 200 Å². The third kappa shape index (κ3) is 8.93. The van der Waals surface area contributed by atoms with Gasteiger partial charge in [0.05, 0.1) is 5.69 Å². The van der Waals surface area contributed by atoms with Crippen molar-refractivity contribution in [2.24, 2.45) is 11.3 Å². The normalized spacial score (nSPS) is 21.1. The Labute approximate surface area is 532 Å². The molecule has 0 amide bonds. The lowest BCUT2D eigenvalue weighted by atomic mass is 9.32. The van der Waals surface area contributed by atoms with Crippen molar-refractivity contribution in [1.82, 2.24) is 0 Å². The molecule has 0 saturated heterocycles. The Morgan fingerprint density at radius 2 is 0.966 bits per heavy atom. The van der Waals surface area contributed by atoms with Crippen molar-refractivity contribution in [2.75, 3.05) is 9.80 Å². The maximum Gasteiger partial charge on any atom is 0.247 e. The highest BCUT2D eigenvalue weighted by Gasteiger charge is 2.72. The number of fused-ring (bicyclic) bond motifs is 11. The van der Waals surface area contributed by atoms with Crippen LogP contribution in [0.15, 0.2) is 180 Å². The van der Waals surface area contributed by atoms with Crippen molar-refractivity contribution in [3.63, 3.8) is 0 Å². The molecule has 3 heterocycles. The van der Waals surface area contributed by atoms with Gasteiger partial charge < -0.3 is 14.2 Å². The Morgan fingerprint density at radius 3 is 1.52 bits per heavy atom. The van der Waals surface area contributed by atoms with Crippen LogP contribution in [0.25, 0.3) is 44.2 Å². The van der Waals surface area contributed by atoms with Gasteiger partial charge in [-0.1, -0.05) is 245 Å². The molecule has 15 rings (SSSR count). The summed E-state index contributed by atoms with van der Waals surface area (Å²) in [6.45, 7) is 40.8. The summed E-state index contributed by atoms with van der Waals surface area (Å²) in [6.07, 6.45) is 5.03. The van der Waals surface area contributed by atoms with Crippen molar-refractivity contribution in [3.8, 4) is 22.3 Å². The first-order valence-electron chi connectivity index (χ1n) is 33.5. The standard InChI is InChI=1S/C85H91BN2O/c1-79(2,3)53-30-35-58(36-31-53)87(59-37-32-54(33-38-59)80(4,5)6)60-47-65-73-75-74-66(84(16)40-24-25-41-85(84,17)76(73)75)44-57(83(13,14)15)45-68(74)86-67-50-72-64(61-39-34-55(81(7,8)9)46-71(61)89-72)49-69(67)88(70(48-60)77(65)86)78-62(51-26-20-18-21-27-51)42-56(82(10,11)12)43-63(78)52-28-22-19-23-29-52/h18-23,26-39,42-50,73,75-76H,24-25,40-41H2,1-17H3. The van der Waals surface area contributed by atoms with Gasteiger partial charge in [-0.15, -0.1) is 0 Å². The van der Waals surface area contributed by atoms with E-state index in [2.05, 4.69) is 303 Å². The second-order valence-corrected chi connectivity index (χ2v) is 33.3. The summed E-state index contributed by atoms with van der Waals surface area (Å²) in [5.41, 5.74) is 29.5. The summed E-state index contributed by atoms with van der Waals surface area (Å²) in [6, 6.07) is 69.7. The molecular weight excluding hydrogens is 1080 g/mol. The molecule has 5 unspecified atom stereocenters. The van der Waals surface area contributed by atoms with E-state index < -0.39 is 0 Å². The number of rotatable bonds is 6. The fourth-order valence-corrected chi connectivity index (χ4v) is 17.3. The molecule has 0 radical (unpaired) electrons. The molecule has 4 heteroatoms. The molecule has 0 bridgehead atoms. The van der Waals surface area contributed by atoms with E-state index in [1.165, 1.54) is 120 Å². The first-order chi connectivity index (χ1) is 42.0. The summed E-state index contributed by atoms with van der Waals surface area (Å²) in [5.74, 6) is 1.22. The minimum absolute atomic E-state index is 0.00234. The zero-order valence-electron chi connectivity index (χ0n) is 56.2. The molecule has 2 aliphatic heterocycles. The van der Waals surface area contributed by atoms with Crippen molar-refractivity contribution < 1.29 is 4.42 Å². The molecule has 3 nitrogen and oxygen atoms in total. The molecule has 5 atom stereocenters. The van der Waals surface area contributed by atoms with Crippen LogP contribution in [0.2, 0.25) is 0 Å². The van der Waals surface area contributed by atoms with Gasteiger partial charge in [0, 0.05) is 50.3 Å². The van der Waals surface area contributed by atoms with Crippen molar-refractivity contribution in [3.05, 3.63) is 220 Å². The SMILES string of the molecule is CC(C)(C)c1ccc(N(c2ccc(C(C)(C)C)cc2)c2cc3c4c(c2)N(c2c(-c5ccccc5)cc(C(C)(C)C)cc2-c2ccccc2)c2cc5c(cc2B4c2cc(C(C)(C)C)cc4c2C2C3C2C2(C)CCCCC42C)oc2cc(C(C)(C)C)ccc25)cc1. The van der Waals surface area contributed by atoms with E-state index in [1.54, 1.807) is 11.1 Å². The third-order valence-electron chi connectivity index (χ3n) is 22.7. The Kier molecular flexibility index (Phi) is 12.7. The van der Waals surface area contributed by atoms with Crippen LogP contribution >= 0.6 is 0 Å². The number of anilines is 6. The summed E-state index contributed by atoms with van der Waals surface area (Å²) < 4.78 is 7.32. The zero-order chi connectivity index (χ0) is 62.4. The molecule has 9 aromatic carbocycles. The zero-order valence-corrected chi connectivity index (χ0v) is 56.2. The van der Waals surface area contributed by atoms with Gasteiger partial charge in [-0.3, -0.25) is 0 Å². The van der Waals surface area contributed by atoms with Crippen molar-refractivity contribution >= 4 is 79.2 Å². The molecule has 0 N–H and O–H groups in total. The maximum absolute atomic E-state index is 7.32. The van der Waals surface area contributed by atoms with E-state index in [9.17, 15) is 0 Å². The second-order valence-electron chi connectivity index (χ2n) is 33.3. The first-order valence-corrected chi connectivity index (χ1v) is 33.5. The number of benzene rings is 9. The number of furan rings is 1. The van der Waals surface area contributed by atoms with Gasteiger partial charge in [0.25, 0.3) is 0 Å². The van der Waals surface area contributed by atoms with Crippen LogP contribution < -0.4 is 26.2 Å². The largest absolute Gasteiger partial charge is 0.456 e. The highest BCUT2D eigenvalue weighted by atomic mass is 16.3. The average Bonchev–Trinajstić information content (AvgIpc) is 1.49. The Balaban J connectivity index is 1.14. The minimum Gasteiger partial charge on any atom is -0.456 e. The quantitative estimate of drug-likeness (QED) is 0.155. The van der Waals surface area contributed by atoms with Crippen molar-refractivity contribution in [2.45, 2.75) is 188 Å². The van der Waals surface area contributed by atoms with Crippen LogP contribution in [0.4, 0.5) is 34.1 Å². The van der Waals surface area contributed by atoms with Crippen molar-refractivity contribution in [1.29, 1.82) is 0 Å². The van der Waals surface area contributed by atoms with E-state index in [0.29, 0.717) is 17.8 Å². The number of nitrogens with zero attached hydrogens (tertiary/aromatic N) is 2. The maximum atomic E-state index is 7.32. The monoisotopic (exact) mass is 1170 g/mol.